The summed E-state index contributed by atoms with van der Waals surface area (Å²) in [5.74, 6) is -2.99. The van der Waals surface area contributed by atoms with E-state index >= 15 is 0 Å². The molecule has 0 bridgehead atoms. The summed E-state index contributed by atoms with van der Waals surface area (Å²) in [7, 11) is 3.87. The number of piperidine rings is 1. The fraction of sp³-hybridized carbons (Fsp3) is 0.429. The molecule has 7 nitrogen and oxygen atoms in total. The molecule has 0 radical (unpaired) electrons. The van der Waals surface area contributed by atoms with Crippen molar-refractivity contribution in [3.05, 3.63) is 94.8 Å². The number of phenols is 2. The summed E-state index contributed by atoms with van der Waals surface area (Å²) in [6.45, 7) is 6.52. The van der Waals surface area contributed by atoms with Gasteiger partial charge in [-0.3, -0.25) is 9.59 Å². The van der Waals surface area contributed by atoms with Crippen molar-refractivity contribution in [1.29, 1.82) is 0 Å². The first kappa shape index (κ1) is 32.3. The number of benzene rings is 3. The molecule has 3 aromatic rings. The van der Waals surface area contributed by atoms with Crippen molar-refractivity contribution in [2.45, 2.75) is 51.2 Å². The van der Waals surface area contributed by atoms with E-state index < -0.39 is 29.2 Å². The number of carbonyl (C=O) groups is 2. The summed E-state index contributed by atoms with van der Waals surface area (Å²) in [6.07, 6.45) is 1.42. The smallest absolute Gasteiger partial charge is 0.167 e. The van der Waals surface area contributed by atoms with Gasteiger partial charge in [-0.1, -0.05) is 36.4 Å². The lowest BCUT2D eigenvalue weighted by Gasteiger charge is -2.44. The van der Waals surface area contributed by atoms with Gasteiger partial charge in [0.25, 0.3) is 0 Å². The van der Waals surface area contributed by atoms with Crippen LogP contribution in [0.1, 0.15) is 64.4 Å². The molecule has 0 spiro atoms. The Balaban J connectivity index is 1.77. The number of aromatic hydroxyl groups is 2. The number of likely N-dealkylation sites (tertiary alicyclic amines) is 1. The summed E-state index contributed by atoms with van der Waals surface area (Å²) in [6, 6.07) is 17.0. The molecule has 1 aliphatic heterocycles. The predicted molar refractivity (Wildman–Crippen MR) is 165 cm³/mol. The van der Waals surface area contributed by atoms with Crippen LogP contribution < -0.4 is 0 Å². The van der Waals surface area contributed by atoms with Gasteiger partial charge >= 0.3 is 0 Å². The van der Waals surface area contributed by atoms with Crippen LogP contribution in [0.4, 0.5) is 4.39 Å². The number of halogens is 1. The Hall–Kier alpha value is -3.59. The van der Waals surface area contributed by atoms with Gasteiger partial charge in [-0.2, -0.15) is 0 Å². The third-order valence-corrected chi connectivity index (χ3v) is 8.77. The van der Waals surface area contributed by atoms with Crippen LogP contribution in [0, 0.1) is 24.6 Å². The molecule has 4 rings (SSSR count). The number of Topliss-reactive ketones (excluding diaryl/α,β-unsaturated/α-hetero) is 2. The lowest BCUT2D eigenvalue weighted by Crippen LogP contribution is -2.51. The minimum atomic E-state index is -0.910. The summed E-state index contributed by atoms with van der Waals surface area (Å²) in [5.41, 5.74) is 0.731. The normalized spacial score (nSPS) is 20.2. The van der Waals surface area contributed by atoms with Crippen molar-refractivity contribution >= 4 is 11.6 Å². The largest absolute Gasteiger partial charge is 0.508 e. The van der Waals surface area contributed by atoms with E-state index in [4.69, 9.17) is 0 Å². The van der Waals surface area contributed by atoms with Gasteiger partial charge in [-0.05, 0) is 95.7 Å². The Morgan fingerprint density at radius 2 is 1.44 bits per heavy atom. The van der Waals surface area contributed by atoms with E-state index in [9.17, 15) is 29.3 Å². The second-order valence-corrected chi connectivity index (χ2v) is 12.6. The zero-order valence-corrected chi connectivity index (χ0v) is 25.6. The molecule has 1 aliphatic rings. The van der Waals surface area contributed by atoms with Crippen LogP contribution in [0.3, 0.4) is 0 Å². The third kappa shape index (κ3) is 7.50. The second kappa shape index (κ2) is 13.4. The summed E-state index contributed by atoms with van der Waals surface area (Å²) < 4.78 is 15.0. The lowest BCUT2D eigenvalue weighted by molar-refractivity contribution is -0.00794. The number of aliphatic hydroxyl groups is 1. The van der Waals surface area contributed by atoms with Crippen molar-refractivity contribution in [3.63, 3.8) is 0 Å². The quantitative estimate of drug-likeness (QED) is 0.256. The number of likely N-dealkylation sites (N-methyl/N-ethyl adjacent to an activating group) is 1. The highest BCUT2D eigenvalue weighted by Crippen LogP contribution is 2.43. The number of phenolic OH excluding ortho intramolecular Hbond substituents is 2. The van der Waals surface area contributed by atoms with Crippen LogP contribution in [-0.4, -0.2) is 82.1 Å². The molecule has 0 aliphatic carbocycles. The van der Waals surface area contributed by atoms with Crippen molar-refractivity contribution in [3.8, 4) is 11.5 Å². The maximum absolute atomic E-state index is 15.0. The molecule has 1 unspecified atom stereocenters. The molecule has 230 valence electrons. The zero-order chi connectivity index (χ0) is 31.5. The Morgan fingerprint density at radius 3 is 1.91 bits per heavy atom. The van der Waals surface area contributed by atoms with Crippen LogP contribution in [0.15, 0.2) is 66.7 Å². The van der Waals surface area contributed by atoms with E-state index in [1.165, 1.54) is 30.3 Å². The van der Waals surface area contributed by atoms with E-state index in [0.717, 1.165) is 6.42 Å². The maximum atomic E-state index is 15.0. The third-order valence-electron chi connectivity index (χ3n) is 8.77. The first-order chi connectivity index (χ1) is 20.3. The highest BCUT2D eigenvalue weighted by atomic mass is 19.1. The Morgan fingerprint density at radius 1 is 0.930 bits per heavy atom. The minimum Gasteiger partial charge on any atom is -0.508 e. The second-order valence-electron chi connectivity index (χ2n) is 12.6. The number of ketones is 2. The van der Waals surface area contributed by atoms with Crippen molar-refractivity contribution in [2.75, 3.05) is 33.7 Å². The number of carbonyl (C=O) groups excluding carboxylic acids is 2. The highest BCUT2D eigenvalue weighted by Gasteiger charge is 2.45. The molecular weight excluding hydrogens is 547 g/mol. The summed E-state index contributed by atoms with van der Waals surface area (Å²) in [4.78, 5) is 32.5. The Labute approximate surface area is 253 Å². The first-order valence-electron chi connectivity index (χ1n) is 14.8. The summed E-state index contributed by atoms with van der Waals surface area (Å²) in [5, 5.41) is 31.0. The van der Waals surface area contributed by atoms with Gasteiger partial charge in [0.05, 0.1) is 5.60 Å². The van der Waals surface area contributed by atoms with E-state index in [2.05, 4.69) is 4.90 Å². The van der Waals surface area contributed by atoms with Crippen molar-refractivity contribution in [1.82, 2.24) is 9.80 Å². The molecule has 3 N–H and O–H groups in total. The molecule has 3 aromatic carbocycles. The lowest BCUT2D eigenvalue weighted by atomic mass is 9.67. The number of rotatable bonds is 11. The number of hydrogen-bond donors (Lipinski definition) is 3. The molecule has 4 atom stereocenters. The molecule has 0 saturated carbocycles. The fourth-order valence-corrected chi connectivity index (χ4v) is 6.73. The van der Waals surface area contributed by atoms with Crippen LogP contribution in [0.25, 0.3) is 0 Å². The van der Waals surface area contributed by atoms with Crippen LogP contribution in [0.5, 0.6) is 11.5 Å². The van der Waals surface area contributed by atoms with E-state index in [1.807, 2.05) is 19.0 Å². The standard InChI is InChI=1S/C35H43FN2O5/c1-22-27(14-8-15-30(22)36)32-28(33(41)23-10-6-12-25(39)18-23)20-38(17-9-16-31(37(4)5)35(2,3)43)21-29(32)34(42)24-11-7-13-26(40)19-24/h6-8,10-15,18-19,28-29,31-32,39-40,43H,9,16-17,20-21H2,1-5H3/t28-,29+,31?,32-. The minimum absolute atomic E-state index is 0.0364. The van der Waals surface area contributed by atoms with E-state index in [-0.39, 0.29) is 29.1 Å². The van der Waals surface area contributed by atoms with Crippen LogP contribution in [-0.2, 0) is 0 Å². The molecule has 43 heavy (non-hydrogen) atoms. The SMILES string of the molecule is Cc1c(F)cccc1[C@H]1[C@@H](C(=O)c2cccc(O)c2)CN(CCCC(N(C)C)C(C)(C)O)C[C@H]1C(=O)c1cccc(O)c1. The average Bonchev–Trinajstić information content (AvgIpc) is 2.95. The van der Waals surface area contributed by atoms with Gasteiger partial charge < -0.3 is 25.1 Å². The molecule has 8 heteroatoms. The van der Waals surface area contributed by atoms with Crippen molar-refractivity contribution in [2.24, 2.45) is 11.8 Å². The molecule has 1 fully saturated rings. The van der Waals surface area contributed by atoms with Crippen LogP contribution in [0.2, 0.25) is 0 Å². The first-order valence-corrected chi connectivity index (χ1v) is 14.8. The monoisotopic (exact) mass is 590 g/mol. The molecular formula is C35H43FN2O5. The number of hydrogen-bond acceptors (Lipinski definition) is 7. The van der Waals surface area contributed by atoms with Crippen molar-refractivity contribution < 1.29 is 29.3 Å². The van der Waals surface area contributed by atoms with Gasteiger partial charge in [0, 0.05) is 48.0 Å². The van der Waals surface area contributed by atoms with Gasteiger partial charge in [0.2, 0.25) is 0 Å². The van der Waals surface area contributed by atoms with Gasteiger partial charge in [-0.25, -0.2) is 4.39 Å². The fourth-order valence-electron chi connectivity index (χ4n) is 6.73. The van der Waals surface area contributed by atoms with E-state index in [1.54, 1.807) is 57.2 Å². The molecule has 1 saturated heterocycles. The van der Waals surface area contributed by atoms with Gasteiger partial charge in [0.1, 0.15) is 17.3 Å². The van der Waals surface area contributed by atoms with Gasteiger partial charge in [-0.15, -0.1) is 0 Å². The molecule has 0 amide bonds. The molecule has 1 heterocycles. The number of nitrogens with zero attached hydrogens (tertiary/aromatic N) is 2. The van der Waals surface area contributed by atoms with E-state index in [0.29, 0.717) is 48.3 Å². The summed E-state index contributed by atoms with van der Waals surface area (Å²) >= 11 is 0. The maximum Gasteiger partial charge on any atom is 0.167 e. The predicted octanol–water partition coefficient (Wildman–Crippen LogP) is 5.42. The zero-order valence-electron chi connectivity index (χ0n) is 25.6. The Kier molecular flexibility index (Phi) is 10.1. The van der Waals surface area contributed by atoms with Gasteiger partial charge in [0.15, 0.2) is 11.6 Å². The average molecular weight is 591 g/mol. The topological polar surface area (TPSA) is 101 Å². The molecule has 0 aromatic heterocycles. The highest BCUT2D eigenvalue weighted by molar-refractivity contribution is 6.02. The van der Waals surface area contributed by atoms with Crippen LogP contribution >= 0.6 is 0 Å². The Bertz CT molecular complexity index is 1380.